The number of hydrogen-bond donors (Lipinski definition) is 1. The number of guanidine groups is 1. The topological polar surface area (TPSA) is 62.9 Å². The SMILES string of the molecule is CN=C(NCC(C)c1c(C)noc1C)N(C)CCOCC1CC1. The Kier molecular flexibility index (Phi) is 6.45. The van der Waals surface area contributed by atoms with E-state index in [9.17, 15) is 0 Å². The lowest BCUT2D eigenvalue weighted by molar-refractivity contribution is 0.115. The molecule has 1 atom stereocenters. The molecule has 1 fully saturated rings. The summed E-state index contributed by atoms with van der Waals surface area (Å²) in [4.78, 5) is 6.45. The predicted octanol–water partition coefficient (Wildman–Crippen LogP) is 2.33. The number of nitrogens with zero attached hydrogens (tertiary/aromatic N) is 3. The summed E-state index contributed by atoms with van der Waals surface area (Å²) < 4.78 is 10.9. The predicted molar refractivity (Wildman–Crippen MR) is 91.9 cm³/mol. The quantitative estimate of drug-likeness (QED) is 0.452. The van der Waals surface area contributed by atoms with E-state index < -0.39 is 0 Å². The molecule has 1 aromatic rings. The second-order valence-corrected chi connectivity index (χ2v) is 6.51. The molecule has 0 saturated heterocycles. The zero-order valence-corrected chi connectivity index (χ0v) is 15.1. The molecule has 1 aliphatic carbocycles. The van der Waals surface area contributed by atoms with Gasteiger partial charge >= 0.3 is 0 Å². The van der Waals surface area contributed by atoms with Gasteiger partial charge in [0.2, 0.25) is 0 Å². The van der Waals surface area contributed by atoms with Crippen molar-refractivity contribution in [2.45, 2.75) is 39.5 Å². The third kappa shape index (κ3) is 5.23. The number of aliphatic imine (C=N–C) groups is 1. The Labute approximate surface area is 139 Å². The van der Waals surface area contributed by atoms with Crippen molar-refractivity contribution in [3.8, 4) is 0 Å². The van der Waals surface area contributed by atoms with E-state index in [1.54, 1.807) is 0 Å². The highest BCUT2D eigenvalue weighted by Crippen LogP contribution is 2.28. The highest BCUT2D eigenvalue weighted by molar-refractivity contribution is 5.79. The van der Waals surface area contributed by atoms with E-state index in [2.05, 4.69) is 27.3 Å². The van der Waals surface area contributed by atoms with Crippen molar-refractivity contribution in [2.75, 3.05) is 40.4 Å². The maximum absolute atomic E-state index is 5.69. The summed E-state index contributed by atoms with van der Waals surface area (Å²) in [5.74, 6) is 2.92. The second-order valence-electron chi connectivity index (χ2n) is 6.51. The van der Waals surface area contributed by atoms with Crippen LogP contribution in [-0.2, 0) is 4.74 Å². The maximum Gasteiger partial charge on any atom is 0.193 e. The fourth-order valence-electron chi connectivity index (χ4n) is 2.77. The lowest BCUT2D eigenvalue weighted by Crippen LogP contribution is -2.42. The Balaban J connectivity index is 1.74. The molecule has 6 heteroatoms. The minimum atomic E-state index is 0.317. The molecule has 23 heavy (non-hydrogen) atoms. The van der Waals surface area contributed by atoms with Crippen LogP contribution >= 0.6 is 0 Å². The van der Waals surface area contributed by atoms with Gasteiger partial charge in [-0.2, -0.15) is 0 Å². The molecule has 0 aliphatic heterocycles. The molecule has 130 valence electrons. The molecule has 0 radical (unpaired) electrons. The third-order valence-electron chi connectivity index (χ3n) is 4.34. The van der Waals surface area contributed by atoms with Crippen LogP contribution in [0.2, 0.25) is 0 Å². The van der Waals surface area contributed by atoms with Crippen LogP contribution in [0.15, 0.2) is 9.52 Å². The fourth-order valence-corrected chi connectivity index (χ4v) is 2.77. The molecule has 1 aliphatic rings. The highest BCUT2D eigenvalue weighted by Gasteiger charge is 2.21. The van der Waals surface area contributed by atoms with Crippen LogP contribution in [0.4, 0.5) is 0 Å². The molecule has 1 aromatic heterocycles. The molecule has 6 nitrogen and oxygen atoms in total. The summed E-state index contributed by atoms with van der Waals surface area (Å²) >= 11 is 0. The fraction of sp³-hybridized carbons (Fsp3) is 0.765. The summed E-state index contributed by atoms with van der Waals surface area (Å²) in [6.45, 7) is 9.40. The van der Waals surface area contributed by atoms with Crippen LogP contribution in [0.25, 0.3) is 0 Å². The van der Waals surface area contributed by atoms with Crippen molar-refractivity contribution < 1.29 is 9.26 Å². The molecular weight excluding hydrogens is 292 g/mol. The number of ether oxygens (including phenoxy) is 1. The van der Waals surface area contributed by atoms with Gasteiger partial charge in [0, 0.05) is 45.3 Å². The number of hydrogen-bond acceptors (Lipinski definition) is 4. The van der Waals surface area contributed by atoms with Gasteiger partial charge in [-0.15, -0.1) is 0 Å². The van der Waals surface area contributed by atoms with Crippen molar-refractivity contribution in [3.63, 3.8) is 0 Å². The largest absolute Gasteiger partial charge is 0.379 e. The van der Waals surface area contributed by atoms with Crippen molar-refractivity contribution in [1.29, 1.82) is 0 Å². The molecule has 1 heterocycles. The van der Waals surface area contributed by atoms with Gasteiger partial charge in [0.15, 0.2) is 5.96 Å². The van der Waals surface area contributed by atoms with E-state index in [-0.39, 0.29) is 0 Å². The Morgan fingerprint density at radius 1 is 1.48 bits per heavy atom. The van der Waals surface area contributed by atoms with Gasteiger partial charge in [-0.25, -0.2) is 0 Å². The maximum atomic E-state index is 5.69. The van der Waals surface area contributed by atoms with E-state index in [0.29, 0.717) is 5.92 Å². The van der Waals surface area contributed by atoms with Crippen LogP contribution in [0.1, 0.15) is 42.7 Å². The summed E-state index contributed by atoms with van der Waals surface area (Å²) in [6, 6.07) is 0. The monoisotopic (exact) mass is 322 g/mol. The van der Waals surface area contributed by atoms with E-state index in [0.717, 1.165) is 49.6 Å². The molecule has 0 aromatic carbocycles. The highest BCUT2D eigenvalue weighted by atomic mass is 16.5. The summed E-state index contributed by atoms with van der Waals surface area (Å²) in [6.07, 6.45) is 2.66. The first-order valence-electron chi connectivity index (χ1n) is 8.45. The lowest BCUT2D eigenvalue weighted by Gasteiger charge is -2.23. The zero-order chi connectivity index (χ0) is 16.8. The Morgan fingerprint density at radius 2 is 2.22 bits per heavy atom. The number of likely N-dealkylation sites (N-methyl/N-ethyl adjacent to an activating group) is 1. The molecule has 2 rings (SSSR count). The van der Waals surface area contributed by atoms with Crippen LogP contribution < -0.4 is 5.32 Å². The standard InChI is InChI=1S/C17H30N4O2/c1-12(16-13(2)20-23-14(16)3)10-19-17(18-4)21(5)8-9-22-11-15-6-7-15/h12,15H,6-11H2,1-5H3,(H,18,19). The zero-order valence-electron chi connectivity index (χ0n) is 15.1. The van der Waals surface area contributed by atoms with Crippen molar-refractivity contribution in [3.05, 3.63) is 17.0 Å². The van der Waals surface area contributed by atoms with E-state index in [1.807, 2.05) is 27.9 Å². The van der Waals surface area contributed by atoms with Crippen LogP contribution in [0.3, 0.4) is 0 Å². The average molecular weight is 322 g/mol. The first-order chi connectivity index (χ1) is 11.0. The van der Waals surface area contributed by atoms with Gasteiger partial charge in [0.25, 0.3) is 0 Å². The van der Waals surface area contributed by atoms with Crippen LogP contribution in [0, 0.1) is 19.8 Å². The summed E-state index contributed by atoms with van der Waals surface area (Å²) in [7, 11) is 3.85. The van der Waals surface area contributed by atoms with E-state index in [1.165, 1.54) is 18.4 Å². The lowest BCUT2D eigenvalue weighted by atomic mass is 10.00. The summed E-state index contributed by atoms with van der Waals surface area (Å²) in [5, 5.41) is 7.45. The van der Waals surface area contributed by atoms with Crippen molar-refractivity contribution in [2.24, 2.45) is 10.9 Å². The van der Waals surface area contributed by atoms with Crippen LogP contribution in [0.5, 0.6) is 0 Å². The van der Waals surface area contributed by atoms with Gasteiger partial charge in [-0.1, -0.05) is 12.1 Å². The van der Waals surface area contributed by atoms with E-state index >= 15 is 0 Å². The first-order valence-corrected chi connectivity index (χ1v) is 8.45. The smallest absolute Gasteiger partial charge is 0.193 e. The third-order valence-corrected chi connectivity index (χ3v) is 4.34. The Hall–Kier alpha value is -1.56. The van der Waals surface area contributed by atoms with E-state index in [4.69, 9.17) is 9.26 Å². The number of rotatable bonds is 8. The van der Waals surface area contributed by atoms with Gasteiger partial charge in [0.05, 0.1) is 12.3 Å². The molecule has 0 amide bonds. The summed E-state index contributed by atoms with van der Waals surface area (Å²) in [5.41, 5.74) is 2.15. The minimum Gasteiger partial charge on any atom is -0.379 e. The van der Waals surface area contributed by atoms with Crippen molar-refractivity contribution in [1.82, 2.24) is 15.4 Å². The average Bonchev–Trinajstić information content (AvgIpc) is 3.28. The molecule has 1 N–H and O–H groups in total. The minimum absolute atomic E-state index is 0.317. The van der Waals surface area contributed by atoms with Gasteiger partial charge < -0.3 is 19.5 Å². The molecule has 0 spiro atoms. The number of nitrogens with one attached hydrogen (secondary N) is 1. The second kappa shape index (κ2) is 8.34. The van der Waals surface area contributed by atoms with Crippen molar-refractivity contribution >= 4 is 5.96 Å². The molecule has 1 saturated carbocycles. The first kappa shape index (κ1) is 17.8. The Bertz CT molecular complexity index is 503. The number of aromatic nitrogens is 1. The van der Waals surface area contributed by atoms with Gasteiger partial charge in [-0.05, 0) is 32.6 Å². The molecular formula is C17H30N4O2. The molecule has 1 unspecified atom stereocenters. The van der Waals surface area contributed by atoms with Gasteiger partial charge in [-0.3, -0.25) is 4.99 Å². The Morgan fingerprint density at radius 3 is 2.78 bits per heavy atom. The van der Waals surface area contributed by atoms with Crippen LogP contribution in [-0.4, -0.2) is 56.4 Å². The number of aryl methyl sites for hydroxylation is 2. The molecule has 0 bridgehead atoms. The van der Waals surface area contributed by atoms with Gasteiger partial charge in [0.1, 0.15) is 5.76 Å². The normalized spacial score (nSPS) is 16.5.